The quantitative estimate of drug-likeness (QED) is 0.0902. The minimum Gasteiger partial charge on any atom is -0.504 e. The Bertz CT molecular complexity index is 1580. The second kappa shape index (κ2) is 12.4. The Morgan fingerprint density at radius 2 is 0.822 bits per heavy atom. The number of rotatable bonds is 7. The van der Waals surface area contributed by atoms with E-state index in [0.29, 0.717) is 36.4 Å². The first-order valence-corrected chi connectivity index (χ1v) is 12.4. The zero-order valence-electron chi connectivity index (χ0n) is 22.3. The molecule has 0 aliphatic carbocycles. The van der Waals surface area contributed by atoms with Crippen LogP contribution in [0, 0.1) is 0 Å². The first-order valence-electron chi connectivity index (χ1n) is 12.4. The van der Waals surface area contributed by atoms with Gasteiger partial charge in [-0.15, -0.1) is 0 Å². The smallest absolute Gasteiger partial charge is 0.339 e. The van der Waals surface area contributed by atoms with Crippen LogP contribution in [0.5, 0.6) is 51.7 Å². The van der Waals surface area contributed by atoms with Crippen LogP contribution in [0.2, 0.25) is 0 Å². The Morgan fingerprint density at radius 1 is 0.533 bits per heavy atom. The normalized spacial score (nSPS) is 21.1. The van der Waals surface area contributed by atoms with Crippen molar-refractivity contribution in [3.8, 4) is 51.7 Å². The maximum Gasteiger partial charge on any atom is 0.339 e. The van der Waals surface area contributed by atoms with Crippen LogP contribution in [0.4, 0.5) is 0 Å². The van der Waals surface area contributed by atoms with Crippen LogP contribution in [-0.4, -0.2) is 111 Å². The number of aromatic hydroxyl groups is 9. The van der Waals surface area contributed by atoms with E-state index in [1.54, 1.807) is 0 Å². The minimum atomic E-state index is -2.23. The van der Waals surface area contributed by atoms with Crippen molar-refractivity contribution in [2.75, 3.05) is 6.61 Å². The molecule has 18 nitrogen and oxygen atoms in total. The van der Waals surface area contributed by atoms with Gasteiger partial charge in [0.15, 0.2) is 76.3 Å². The maximum absolute atomic E-state index is 13.1. The van der Waals surface area contributed by atoms with E-state index in [-0.39, 0.29) is 0 Å². The highest BCUT2D eigenvalue weighted by molar-refractivity contribution is 5.93. The molecule has 3 aromatic rings. The highest BCUT2D eigenvalue weighted by atomic mass is 16.7. The van der Waals surface area contributed by atoms with E-state index in [4.69, 9.17) is 18.9 Å². The summed E-state index contributed by atoms with van der Waals surface area (Å²) in [6.45, 7) is -1.03. The second-order valence-corrected chi connectivity index (χ2v) is 9.45. The Balaban J connectivity index is 1.75. The van der Waals surface area contributed by atoms with Crippen molar-refractivity contribution in [1.29, 1.82) is 0 Å². The molecule has 1 fully saturated rings. The molecule has 0 spiro atoms. The van der Waals surface area contributed by atoms with Crippen molar-refractivity contribution < 1.29 is 89.5 Å². The fourth-order valence-corrected chi connectivity index (χ4v) is 4.19. The number of phenolic OH excluding ortho intramolecular Hbond substituents is 9. The Morgan fingerprint density at radius 3 is 1.13 bits per heavy atom. The average Bonchev–Trinajstić information content (AvgIpc) is 2.99. The summed E-state index contributed by atoms with van der Waals surface area (Å²) < 4.78 is 21.1. The summed E-state index contributed by atoms with van der Waals surface area (Å²) in [5, 5.41) is 108. The Kier molecular flexibility index (Phi) is 8.84. The van der Waals surface area contributed by atoms with Crippen LogP contribution in [0.1, 0.15) is 31.1 Å². The molecule has 1 saturated heterocycles. The van der Waals surface area contributed by atoms with Gasteiger partial charge < -0.3 is 75.1 Å². The van der Waals surface area contributed by atoms with E-state index in [0.717, 1.165) is 0 Å². The molecule has 0 aromatic heterocycles. The van der Waals surface area contributed by atoms with Crippen molar-refractivity contribution in [2.24, 2.45) is 0 Å². The van der Waals surface area contributed by atoms with Gasteiger partial charge in [-0.25, -0.2) is 14.4 Å². The molecule has 0 unspecified atom stereocenters. The first-order chi connectivity index (χ1) is 21.1. The summed E-state index contributed by atoms with van der Waals surface area (Å²) in [5.41, 5.74) is -1.82. The third kappa shape index (κ3) is 6.42. The first kappa shape index (κ1) is 32.1. The molecule has 1 heterocycles. The van der Waals surface area contributed by atoms with Crippen molar-refractivity contribution >= 4 is 17.9 Å². The van der Waals surface area contributed by atoms with Crippen LogP contribution < -0.4 is 0 Å². The van der Waals surface area contributed by atoms with Gasteiger partial charge in [-0.2, -0.15) is 0 Å². The molecular formula is C27H24O18. The van der Waals surface area contributed by atoms with Crippen LogP contribution >= 0.6 is 0 Å². The molecule has 3 aromatic carbocycles. The summed E-state index contributed by atoms with van der Waals surface area (Å²) in [6, 6.07) is 3.98. The van der Waals surface area contributed by atoms with Gasteiger partial charge in [0.2, 0.25) is 0 Å². The largest absolute Gasteiger partial charge is 0.504 e. The summed E-state index contributed by atoms with van der Waals surface area (Å²) >= 11 is 0. The molecule has 4 rings (SSSR count). The van der Waals surface area contributed by atoms with E-state index >= 15 is 0 Å². The van der Waals surface area contributed by atoms with Gasteiger partial charge in [0.1, 0.15) is 6.10 Å². The molecule has 0 radical (unpaired) electrons. The second-order valence-electron chi connectivity index (χ2n) is 9.45. The van der Waals surface area contributed by atoms with E-state index in [1.165, 1.54) is 0 Å². The number of carbonyl (C=O) groups excluding carboxylic acids is 3. The molecule has 0 amide bonds. The Hall–Kier alpha value is -5.85. The lowest BCUT2D eigenvalue weighted by molar-refractivity contribution is -0.284. The topological polar surface area (TPSA) is 311 Å². The zero-order valence-corrected chi connectivity index (χ0v) is 22.3. The molecule has 18 heteroatoms. The van der Waals surface area contributed by atoms with Crippen molar-refractivity contribution in [2.45, 2.75) is 30.7 Å². The highest BCUT2D eigenvalue weighted by Crippen LogP contribution is 2.39. The number of hydrogen-bond acceptors (Lipinski definition) is 18. The number of aliphatic hydroxyl groups is 2. The number of phenols is 9. The zero-order chi connectivity index (χ0) is 33.3. The molecule has 45 heavy (non-hydrogen) atoms. The lowest BCUT2D eigenvalue weighted by Crippen LogP contribution is -2.62. The number of hydrogen-bond donors (Lipinski definition) is 11. The summed E-state index contributed by atoms with van der Waals surface area (Å²) in [5.74, 6) is -13.0. The third-order valence-corrected chi connectivity index (χ3v) is 6.43. The molecule has 0 saturated carbocycles. The molecule has 0 bridgehead atoms. The lowest BCUT2D eigenvalue weighted by atomic mass is 9.97. The van der Waals surface area contributed by atoms with Gasteiger partial charge in [0.25, 0.3) is 0 Å². The molecule has 1 aliphatic heterocycles. The van der Waals surface area contributed by atoms with Crippen molar-refractivity contribution in [3.63, 3.8) is 0 Å². The average molecular weight is 636 g/mol. The number of esters is 3. The van der Waals surface area contributed by atoms with Gasteiger partial charge in [0, 0.05) is 0 Å². The van der Waals surface area contributed by atoms with E-state index in [2.05, 4.69) is 0 Å². The van der Waals surface area contributed by atoms with Gasteiger partial charge in [0.05, 0.1) is 23.3 Å². The van der Waals surface area contributed by atoms with Gasteiger partial charge in [-0.05, 0) is 36.4 Å². The number of aliphatic hydroxyl groups excluding tert-OH is 2. The van der Waals surface area contributed by atoms with Gasteiger partial charge in [-0.3, -0.25) is 0 Å². The van der Waals surface area contributed by atoms with Crippen LogP contribution in [0.15, 0.2) is 36.4 Å². The van der Waals surface area contributed by atoms with Crippen LogP contribution in [-0.2, 0) is 18.9 Å². The predicted molar refractivity (Wildman–Crippen MR) is 140 cm³/mol. The number of carbonyl (C=O) groups is 3. The predicted octanol–water partition coefficient (Wildman–Crippen LogP) is -0.277. The molecule has 11 N–H and O–H groups in total. The fourth-order valence-electron chi connectivity index (χ4n) is 4.19. The van der Waals surface area contributed by atoms with Crippen LogP contribution in [0.3, 0.4) is 0 Å². The van der Waals surface area contributed by atoms with Crippen molar-refractivity contribution in [1.82, 2.24) is 0 Å². The molecule has 1 aliphatic rings. The van der Waals surface area contributed by atoms with E-state index < -0.39 is 124 Å². The van der Waals surface area contributed by atoms with E-state index in [1.807, 2.05) is 0 Å². The number of benzene rings is 3. The Labute approximate surface area is 249 Å². The third-order valence-electron chi connectivity index (χ3n) is 6.43. The summed E-state index contributed by atoms with van der Waals surface area (Å²) in [4.78, 5) is 39.1. The van der Waals surface area contributed by atoms with Crippen molar-refractivity contribution in [3.05, 3.63) is 53.1 Å². The lowest BCUT2D eigenvalue weighted by Gasteiger charge is -2.42. The monoisotopic (exact) mass is 636 g/mol. The molecular weight excluding hydrogens is 612 g/mol. The summed E-state index contributed by atoms with van der Waals surface area (Å²) in [6.07, 6.45) is -10.2. The minimum absolute atomic E-state index is 0.590. The highest BCUT2D eigenvalue weighted by Gasteiger charge is 2.52. The van der Waals surface area contributed by atoms with Gasteiger partial charge in [-0.1, -0.05) is 0 Å². The van der Waals surface area contributed by atoms with Gasteiger partial charge >= 0.3 is 17.9 Å². The standard InChI is InChI=1S/C27H24O18/c28-7-17-21(43-24(38)8-1-11(29)18(35)12(30)2-8)22(44-25(39)9-3-13(31)19(36)14(32)4-9)23(27(41)42-17)45-26(40)10-5-15(33)20(37)16(34)6-10/h1-6,17,21-23,27-37,41H,7H2/t17-,21-,22+,23-,27-/m0/s1. The molecule has 5 atom stereocenters. The molecule has 240 valence electrons. The van der Waals surface area contributed by atoms with E-state index in [9.17, 15) is 70.6 Å². The SMILES string of the molecule is O=C(O[C@@H]1[C@@H](OC(=O)c2cc(O)c(O)c(O)c2)[C@H](CO)O[C@H](O)[C@H]1OC(=O)c1cc(O)c(O)c(O)c1)c1cc(O)c(O)c(O)c1. The maximum atomic E-state index is 13.1. The van der Waals surface area contributed by atoms with Crippen LogP contribution in [0.25, 0.3) is 0 Å². The summed E-state index contributed by atoms with van der Waals surface area (Å²) in [7, 11) is 0. The fraction of sp³-hybridized carbons (Fsp3) is 0.222. The number of ether oxygens (including phenoxy) is 4.